The number of piperidine rings is 1. The molecule has 30 heavy (non-hydrogen) atoms. The number of aliphatic imine (C=N–C) groups is 1. The van der Waals surface area contributed by atoms with Crippen molar-refractivity contribution in [3.8, 4) is 11.6 Å². The monoisotopic (exact) mass is 522 g/mol. The van der Waals surface area contributed by atoms with E-state index >= 15 is 0 Å². The van der Waals surface area contributed by atoms with Crippen LogP contribution in [-0.2, 0) is 6.42 Å². The number of likely N-dealkylation sites (tertiary alicyclic amines) is 1. The van der Waals surface area contributed by atoms with Crippen LogP contribution in [0.3, 0.4) is 0 Å². The summed E-state index contributed by atoms with van der Waals surface area (Å²) in [5.41, 5.74) is 0.683. The number of hydrogen-bond acceptors (Lipinski definition) is 6. The van der Waals surface area contributed by atoms with Crippen LogP contribution in [0.25, 0.3) is 11.6 Å². The number of aromatic nitrogens is 5. The topological polar surface area (TPSA) is 97.3 Å². The molecule has 4 heterocycles. The minimum atomic E-state index is 0. The molecule has 1 N–H and O–H groups in total. The molecule has 1 saturated heterocycles. The van der Waals surface area contributed by atoms with Gasteiger partial charge in [-0.1, -0.05) is 18.1 Å². The molecule has 0 spiro atoms. The van der Waals surface area contributed by atoms with Gasteiger partial charge in [0.05, 0.1) is 12.4 Å². The summed E-state index contributed by atoms with van der Waals surface area (Å²) in [7, 11) is 1.82. The van der Waals surface area contributed by atoms with E-state index in [-0.39, 0.29) is 24.0 Å². The average Bonchev–Trinajstić information content (AvgIpc) is 3.45. The van der Waals surface area contributed by atoms with Gasteiger partial charge in [0.1, 0.15) is 5.69 Å². The van der Waals surface area contributed by atoms with Crippen LogP contribution >= 0.6 is 24.0 Å². The Morgan fingerprint density at radius 3 is 2.97 bits per heavy atom. The zero-order valence-electron chi connectivity index (χ0n) is 17.2. The maximum atomic E-state index is 5.32. The second kappa shape index (κ2) is 10.5. The van der Waals surface area contributed by atoms with E-state index in [1.54, 1.807) is 6.20 Å². The number of pyridine rings is 1. The SMILES string of the molecule is CN=C(NCCc1noc(-c2ccccn2)n1)N1CCC(C)C(n2ccnc2)C1.I. The molecule has 1 fully saturated rings. The minimum absolute atomic E-state index is 0. The third-order valence-electron chi connectivity index (χ3n) is 5.32. The van der Waals surface area contributed by atoms with E-state index in [4.69, 9.17) is 4.52 Å². The molecule has 0 bridgehead atoms. The van der Waals surface area contributed by atoms with Crippen molar-refractivity contribution >= 4 is 29.9 Å². The van der Waals surface area contributed by atoms with Crippen LogP contribution in [0, 0.1) is 5.92 Å². The Kier molecular flexibility index (Phi) is 7.77. The van der Waals surface area contributed by atoms with Gasteiger partial charge in [-0.05, 0) is 24.5 Å². The molecular weight excluding hydrogens is 495 g/mol. The third-order valence-corrected chi connectivity index (χ3v) is 5.32. The highest BCUT2D eigenvalue weighted by atomic mass is 127. The summed E-state index contributed by atoms with van der Waals surface area (Å²) in [6.07, 6.45) is 9.24. The van der Waals surface area contributed by atoms with Crippen molar-refractivity contribution in [1.82, 2.24) is 34.9 Å². The molecule has 1 aliphatic rings. The van der Waals surface area contributed by atoms with E-state index in [1.165, 1.54) is 0 Å². The normalized spacial score (nSPS) is 19.4. The Hall–Kier alpha value is -2.50. The number of imidazole rings is 1. The Bertz CT molecular complexity index is 927. The molecular formula is C20H27IN8O. The van der Waals surface area contributed by atoms with Crippen LogP contribution in [-0.4, -0.2) is 62.2 Å². The molecule has 1 aliphatic heterocycles. The quantitative estimate of drug-likeness (QED) is 0.313. The van der Waals surface area contributed by atoms with Crippen molar-refractivity contribution in [1.29, 1.82) is 0 Å². The fourth-order valence-electron chi connectivity index (χ4n) is 3.66. The van der Waals surface area contributed by atoms with Gasteiger partial charge in [-0.2, -0.15) is 4.98 Å². The van der Waals surface area contributed by atoms with Crippen LogP contribution in [0.5, 0.6) is 0 Å². The molecule has 0 saturated carbocycles. The van der Waals surface area contributed by atoms with Gasteiger partial charge >= 0.3 is 0 Å². The number of rotatable bonds is 5. The van der Waals surface area contributed by atoms with Crippen LogP contribution in [0.2, 0.25) is 0 Å². The van der Waals surface area contributed by atoms with Crippen molar-refractivity contribution < 1.29 is 4.52 Å². The van der Waals surface area contributed by atoms with Crippen LogP contribution in [0.1, 0.15) is 25.2 Å². The number of guanidine groups is 1. The van der Waals surface area contributed by atoms with Crippen molar-refractivity contribution in [2.75, 3.05) is 26.7 Å². The highest BCUT2D eigenvalue weighted by molar-refractivity contribution is 14.0. The van der Waals surface area contributed by atoms with Gasteiger partial charge in [0.2, 0.25) is 0 Å². The van der Waals surface area contributed by atoms with Gasteiger partial charge in [0.15, 0.2) is 11.8 Å². The van der Waals surface area contributed by atoms with E-state index in [2.05, 4.69) is 46.8 Å². The van der Waals surface area contributed by atoms with E-state index < -0.39 is 0 Å². The van der Waals surface area contributed by atoms with Gasteiger partial charge in [0, 0.05) is 51.7 Å². The smallest absolute Gasteiger partial charge is 0.276 e. The molecule has 4 rings (SSSR count). The molecule has 0 radical (unpaired) electrons. The summed E-state index contributed by atoms with van der Waals surface area (Å²) >= 11 is 0. The maximum absolute atomic E-state index is 5.32. The minimum Gasteiger partial charge on any atom is -0.356 e. The molecule has 3 aromatic rings. The van der Waals surface area contributed by atoms with Crippen molar-refractivity contribution in [2.24, 2.45) is 10.9 Å². The largest absolute Gasteiger partial charge is 0.356 e. The second-order valence-corrected chi connectivity index (χ2v) is 7.24. The Morgan fingerprint density at radius 1 is 1.33 bits per heavy atom. The summed E-state index contributed by atoms with van der Waals surface area (Å²) in [6, 6.07) is 6.00. The molecule has 2 atom stereocenters. The first kappa shape index (κ1) is 22.2. The van der Waals surface area contributed by atoms with E-state index in [0.717, 1.165) is 25.5 Å². The average molecular weight is 522 g/mol. The number of nitrogens with zero attached hydrogens (tertiary/aromatic N) is 7. The molecule has 160 valence electrons. The van der Waals surface area contributed by atoms with Gasteiger partial charge < -0.3 is 19.3 Å². The van der Waals surface area contributed by atoms with E-state index in [1.807, 2.05) is 44.0 Å². The fourth-order valence-corrected chi connectivity index (χ4v) is 3.66. The summed E-state index contributed by atoms with van der Waals surface area (Å²) in [6.45, 7) is 4.87. The van der Waals surface area contributed by atoms with Crippen molar-refractivity contribution in [3.05, 3.63) is 48.9 Å². The summed E-state index contributed by atoms with van der Waals surface area (Å²) in [5.74, 6) is 2.59. The highest BCUT2D eigenvalue weighted by Crippen LogP contribution is 2.27. The van der Waals surface area contributed by atoms with Gasteiger partial charge in [-0.3, -0.25) is 9.98 Å². The van der Waals surface area contributed by atoms with Crippen molar-refractivity contribution in [2.45, 2.75) is 25.8 Å². The molecule has 9 nitrogen and oxygen atoms in total. The molecule has 0 aromatic carbocycles. The lowest BCUT2D eigenvalue weighted by atomic mass is 9.93. The zero-order chi connectivity index (χ0) is 20.1. The van der Waals surface area contributed by atoms with E-state index in [0.29, 0.717) is 42.3 Å². The van der Waals surface area contributed by atoms with Crippen LogP contribution in [0.4, 0.5) is 0 Å². The molecule has 2 unspecified atom stereocenters. The van der Waals surface area contributed by atoms with Gasteiger partial charge in [-0.15, -0.1) is 24.0 Å². The summed E-state index contributed by atoms with van der Waals surface area (Å²) < 4.78 is 7.51. The molecule has 10 heteroatoms. The second-order valence-electron chi connectivity index (χ2n) is 7.24. The van der Waals surface area contributed by atoms with Crippen molar-refractivity contribution in [3.63, 3.8) is 0 Å². The summed E-state index contributed by atoms with van der Waals surface area (Å²) in [5, 5.41) is 7.48. The lowest BCUT2D eigenvalue weighted by Crippen LogP contribution is -2.49. The predicted molar refractivity (Wildman–Crippen MR) is 125 cm³/mol. The maximum Gasteiger partial charge on any atom is 0.276 e. The standard InChI is InChI=1S/C20H26N8O.HI/c1-15-7-11-27(13-17(15)28-12-10-22-14-28)20(21-2)24-9-6-18-25-19(29-26-18)16-5-3-4-8-23-16;/h3-5,8,10,12,14-15,17H,6-7,9,11,13H2,1-2H3,(H,21,24);1H. The molecule has 3 aromatic heterocycles. The number of hydrogen-bond donors (Lipinski definition) is 1. The predicted octanol–water partition coefficient (Wildman–Crippen LogP) is 2.65. The van der Waals surface area contributed by atoms with Gasteiger partial charge in [0.25, 0.3) is 5.89 Å². The van der Waals surface area contributed by atoms with E-state index in [9.17, 15) is 0 Å². The molecule has 0 amide bonds. The molecule has 0 aliphatic carbocycles. The summed E-state index contributed by atoms with van der Waals surface area (Å²) in [4.78, 5) is 19.6. The highest BCUT2D eigenvalue weighted by Gasteiger charge is 2.28. The first-order chi connectivity index (χ1) is 14.2. The van der Waals surface area contributed by atoms with Gasteiger partial charge in [-0.25, -0.2) is 4.98 Å². The van der Waals surface area contributed by atoms with Crippen LogP contribution < -0.4 is 5.32 Å². The number of halogens is 1. The third kappa shape index (κ3) is 5.15. The first-order valence-corrected chi connectivity index (χ1v) is 9.91. The lowest BCUT2D eigenvalue weighted by molar-refractivity contribution is 0.189. The zero-order valence-corrected chi connectivity index (χ0v) is 19.5. The van der Waals surface area contributed by atoms with Crippen LogP contribution in [0.15, 0.2) is 52.6 Å². The fraction of sp³-hybridized carbons (Fsp3) is 0.450. The Balaban J connectivity index is 0.00000256. The Labute approximate surface area is 193 Å². The Morgan fingerprint density at radius 2 is 2.23 bits per heavy atom. The first-order valence-electron chi connectivity index (χ1n) is 9.91. The number of nitrogens with one attached hydrogen (secondary N) is 1. The lowest BCUT2D eigenvalue weighted by Gasteiger charge is -2.39.